The van der Waals surface area contributed by atoms with Crippen molar-refractivity contribution < 1.29 is 27.5 Å². The summed E-state index contributed by atoms with van der Waals surface area (Å²) in [6.45, 7) is 3.75. The van der Waals surface area contributed by atoms with Crippen LogP contribution in [0.15, 0.2) is 59.2 Å². The van der Waals surface area contributed by atoms with Crippen LogP contribution in [0.1, 0.15) is 43.5 Å². The summed E-state index contributed by atoms with van der Waals surface area (Å²) in [5.74, 6) is -3.51. The van der Waals surface area contributed by atoms with Crippen molar-refractivity contribution in [1.82, 2.24) is 21.0 Å². The molecule has 0 bridgehead atoms. The number of amides is 2. The van der Waals surface area contributed by atoms with Gasteiger partial charge in [-0.3, -0.25) is 15.0 Å². The summed E-state index contributed by atoms with van der Waals surface area (Å²) >= 11 is 0. The number of hydrogen-bond donors (Lipinski definition) is 3. The van der Waals surface area contributed by atoms with E-state index in [1.54, 1.807) is 6.92 Å². The van der Waals surface area contributed by atoms with Gasteiger partial charge in [0, 0.05) is 6.20 Å². The summed E-state index contributed by atoms with van der Waals surface area (Å²) in [6, 6.07) is 2.00. The summed E-state index contributed by atoms with van der Waals surface area (Å²) in [6.07, 6.45) is 7.74. The fraction of sp³-hybridized carbons (Fsp3) is 0.423. The smallest absolute Gasteiger partial charge is 0.274 e. The Morgan fingerprint density at radius 1 is 1.24 bits per heavy atom. The molecule has 3 N–H and O–H groups in total. The molecule has 0 saturated heterocycles. The third kappa shape index (κ3) is 9.09. The highest BCUT2D eigenvalue weighted by molar-refractivity contribution is 6.42. The third-order valence-corrected chi connectivity index (χ3v) is 5.46. The maximum Gasteiger partial charge on any atom is 0.274 e. The number of carbonyl (C=O) groups excluding carboxylic acids is 2. The molecule has 0 aromatic heterocycles. The predicted octanol–water partition coefficient (Wildman–Crippen LogP) is 3.55. The van der Waals surface area contributed by atoms with Crippen LogP contribution in [0.5, 0.6) is 0 Å². The Balaban J connectivity index is 2.17. The molecular weight excluding hydrogens is 487 g/mol. The van der Waals surface area contributed by atoms with Crippen molar-refractivity contribution in [2.45, 2.75) is 45.3 Å². The molecule has 11 heteroatoms. The van der Waals surface area contributed by atoms with Crippen LogP contribution in [-0.4, -0.2) is 61.9 Å². The van der Waals surface area contributed by atoms with Gasteiger partial charge in [-0.25, -0.2) is 13.2 Å². The standard InChI is InChI=1S/C26H34F3N5O3/c1-5-18(9-8-16-34(3)4)37-22(12-7-14-27)17(2)31-26(36)24-21(13-15-30-33-24)32-25(35)23-19(28)10-6-11-20(23)29/h6-7,10-13,15,18,21,30H,5,8-9,14,16H2,1-4H3,(H,31,36)(H,32,35)/b12-7-,22-17-. The summed E-state index contributed by atoms with van der Waals surface area (Å²) in [5.41, 5.74) is 1.91. The van der Waals surface area contributed by atoms with Crippen molar-refractivity contribution in [3.8, 4) is 0 Å². The quantitative estimate of drug-likeness (QED) is 0.273. The topological polar surface area (TPSA) is 95.1 Å². The molecule has 0 saturated carbocycles. The van der Waals surface area contributed by atoms with Gasteiger partial charge in [-0.05, 0) is 71.1 Å². The van der Waals surface area contributed by atoms with Crippen LogP contribution in [0.2, 0.25) is 0 Å². The molecule has 2 unspecified atom stereocenters. The summed E-state index contributed by atoms with van der Waals surface area (Å²) in [5, 5.41) is 8.99. The second-order valence-electron chi connectivity index (χ2n) is 8.63. The number of hydrazone groups is 1. The van der Waals surface area contributed by atoms with Crippen LogP contribution >= 0.6 is 0 Å². The van der Waals surface area contributed by atoms with E-state index in [0.717, 1.165) is 37.6 Å². The Bertz CT molecular complexity index is 1050. The highest BCUT2D eigenvalue weighted by Gasteiger charge is 2.28. The molecule has 2 atom stereocenters. The molecule has 1 aliphatic heterocycles. The van der Waals surface area contributed by atoms with Crippen LogP contribution < -0.4 is 16.1 Å². The van der Waals surface area contributed by atoms with Gasteiger partial charge in [0.15, 0.2) is 5.71 Å². The van der Waals surface area contributed by atoms with Gasteiger partial charge in [0.25, 0.3) is 11.8 Å². The number of halogens is 3. The van der Waals surface area contributed by atoms with E-state index in [9.17, 15) is 22.8 Å². The van der Waals surface area contributed by atoms with Crippen molar-refractivity contribution in [1.29, 1.82) is 0 Å². The highest BCUT2D eigenvalue weighted by atomic mass is 19.1. The first-order valence-corrected chi connectivity index (χ1v) is 12.0. The molecule has 1 aliphatic rings. The molecular formula is C26H34F3N5O3. The van der Waals surface area contributed by atoms with E-state index in [-0.39, 0.29) is 17.6 Å². The maximum atomic E-state index is 14.0. The first-order valence-electron chi connectivity index (χ1n) is 12.0. The molecule has 202 valence electrons. The van der Waals surface area contributed by atoms with Crippen LogP contribution in [0.25, 0.3) is 0 Å². The average Bonchev–Trinajstić information content (AvgIpc) is 2.85. The van der Waals surface area contributed by atoms with Gasteiger partial charge >= 0.3 is 0 Å². The van der Waals surface area contributed by atoms with Crippen molar-refractivity contribution in [3.05, 3.63) is 71.3 Å². The number of hydrogen-bond acceptors (Lipinski definition) is 6. The average molecular weight is 522 g/mol. The summed E-state index contributed by atoms with van der Waals surface area (Å²) < 4.78 is 47.0. The molecule has 0 aliphatic carbocycles. The Kier molecular flexibility index (Phi) is 11.9. The Hall–Kier alpha value is -3.60. The number of benzene rings is 1. The first-order chi connectivity index (χ1) is 17.7. The van der Waals surface area contributed by atoms with Crippen LogP contribution in [0.3, 0.4) is 0 Å². The van der Waals surface area contributed by atoms with Crippen molar-refractivity contribution in [2.24, 2.45) is 5.10 Å². The molecule has 1 aromatic rings. The Labute approximate surface area is 215 Å². The minimum absolute atomic E-state index is 0.148. The number of allylic oxidation sites excluding steroid dienone is 3. The predicted molar refractivity (Wildman–Crippen MR) is 136 cm³/mol. The number of alkyl halides is 1. The number of ether oxygens (including phenoxy) is 1. The molecule has 0 spiro atoms. The molecule has 2 amide bonds. The first kappa shape index (κ1) is 29.6. The molecule has 1 heterocycles. The zero-order valence-electron chi connectivity index (χ0n) is 21.5. The van der Waals surface area contributed by atoms with Gasteiger partial charge in [-0.1, -0.05) is 19.1 Å². The highest BCUT2D eigenvalue weighted by Crippen LogP contribution is 2.17. The lowest BCUT2D eigenvalue weighted by molar-refractivity contribution is -0.114. The van der Waals surface area contributed by atoms with Crippen molar-refractivity contribution >= 4 is 17.5 Å². The SMILES string of the molecule is CCC(CCCN(C)C)OC(/C=C\CF)=C(/C)NC(=O)C1=NNC=CC1NC(=O)c1c(F)cccc1F. The summed E-state index contributed by atoms with van der Waals surface area (Å²) in [4.78, 5) is 27.7. The van der Waals surface area contributed by atoms with Crippen LogP contribution in [0, 0.1) is 11.6 Å². The minimum atomic E-state index is -1.07. The monoisotopic (exact) mass is 521 g/mol. The summed E-state index contributed by atoms with van der Waals surface area (Å²) in [7, 11) is 3.97. The van der Waals surface area contributed by atoms with E-state index in [1.807, 2.05) is 21.0 Å². The van der Waals surface area contributed by atoms with E-state index in [4.69, 9.17) is 4.74 Å². The normalized spacial score (nSPS) is 16.6. The van der Waals surface area contributed by atoms with Gasteiger partial charge in [0.05, 0.1) is 17.8 Å². The fourth-order valence-corrected chi connectivity index (χ4v) is 3.50. The van der Waals surface area contributed by atoms with E-state index in [2.05, 4.69) is 26.1 Å². The minimum Gasteiger partial charge on any atom is -0.489 e. The van der Waals surface area contributed by atoms with Gasteiger partial charge in [-0.15, -0.1) is 0 Å². The Morgan fingerprint density at radius 2 is 1.95 bits per heavy atom. The molecule has 0 radical (unpaired) electrons. The van der Waals surface area contributed by atoms with Crippen molar-refractivity contribution in [3.63, 3.8) is 0 Å². The van der Waals surface area contributed by atoms with Crippen molar-refractivity contribution in [2.75, 3.05) is 27.3 Å². The Morgan fingerprint density at radius 3 is 2.57 bits per heavy atom. The van der Waals surface area contributed by atoms with Gasteiger partial charge in [0.1, 0.15) is 29.6 Å². The number of carbonyl (C=O) groups is 2. The lowest BCUT2D eigenvalue weighted by Gasteiger charge is -2.23. The molecule has 0 fully saturated rings. The fourth-order valence-electron chi connectivity index (χ4n) is 3.50. The molecule has 2 rings (SSSR count). The van der Waals surface area contributed by atoms with Gasteiger partial charge < -0.3 is 20.3 Å². The van der Waals surface area contributed by atoms with Gasteiger partial charge in [0.2, 0.25) is 0 Å². The van der Waals surface area contributed by atoms with Crippen LogP contribution in [-0.2, 0) is 9.53 Å². The molecule has 8 nitrogen and oxygen atoms in total. The zero-order valence-corrected chi connectivity index (χ0v) is 21.5. The third-order valence-electron chi connectivity index (χ3n) is 5.46. The maximum absolute atomic E-state index is 14.0. The van der Waals surface area contributed by atoms with Gasteiger partial charge in [-0.2, -0.15) is 5.10 Å². The number of nitrogens with zero attached hydrogens (tertiary/aromatic N) is 2. The second kappa shape index (κ2) is 14.8. The van der Waals surface area contributed by atoms with E-state index in [1.165, 1.54) is 24.4 Å². The van der Waals surface area contributed by atoms with E-state index in [0.29, 0.717) is 12.1 Å². The number of nitrogens with one attached hydrogen (secondary N) is 3. The zero-order chi connectivity index (χ0) is 27.4. The van der Waals surface area contributed by atoms with E-state index < -0.39 is 41.7 Å². The van der Waals surface area contributed by atoms with Crippen LogP contribution in [0.4, 0.5) is 13.2 Å². The molecule has 1 aromatic carbocycles. The second-order valence-corrected chi connectivity index (χ2v) is 8.63. The molecule has 37 heavy (non-hydrogen) atoms. The lowest BCUT2D eigenvalue weighted by Crippen LogP contribution is -2.48. The number of rotatable bonds is 13. The lowest BCUT2D eigenvalue weighted by atomic mass is 10.1. The largest absolute Gasteiger partial charge is 0.489 e. The van der Waals surface area contributed by atoms with E-state index >= 15 is 0 Å².